The fourth-order valence-corrected chi connectivity index (χ4v) is 2.28. The van der Waals surface area contributed by atoms with Gasteiger partial charge in [-0.25, -0.2) is 9.97 Å². The fourth-order valence-electron chi connectivity index (χ4n) is 1.54. The van der Waals surface area contributed by atoms with Gasteiger partial charge in [-0.1, -0.05) is 28.1 Å². The van der Waals surface area contributed by atoms with E-state index in [1.807, 2.05) is 19.1 Å². The fraction of sp³-hybridized carbons (Fsp3) is 0.167. The molecule has 2 aromatic rings. The third kappa shape index (κ3) is 2.28. The van der Waals surface area contributed by atoms with Crippen LogP contribution in [0, 0.1) is 6.92 Å². The molecule has 0 aliphatic heterocycles. The van der Waals surface area contributed by atoms with Gasteiger partial charge in [0.25, 0.3) is 0 Å². The van der Waals surface area contributed by atoms with Crippen LogP contribution in [-0.4, -0.2) is 9.97 Å². The Bertz CT molecular complexity index is 485. The van der Waals surface area contributed by atoms with Crippen LogP contribution < -0.4 is 5.73 Å². The van der Waals surface area contributed by atoms with Gasteiger partial charge in [0, 0.05) is 22.4 Å². The van der Waals surface area contributed by atoms with Gasteiger partial charge < -0.3 is 5.73 Å². The van der Waals surface area contributed by atoms with Gasteiger partial charge in [0.1, 0.15) is 6.33 Å². The zero-order valence-electron chi connectivity index (χ0n) is 8.89. The Balaban J connectivity index is 2.38. The molecule has 1 unspecified atom stereocenters. The Kier molecular flexibility index (Phi) is 3.31. The molecule has 1 aromatic heterocycles. The quantitative estimate of drug-likeness (QED) is 0.918. The molecule has 2 N–H and O–H groups in total. The Labute approximate surface area is 103 Å². The van der Waals surface area contributed by atoms with E-state index >= 15 is 0 Å². The molecule has 0 bridgehead atoms. The van der Waals surface area contributed by atoms with Crippen LogP contribution in [0.15, 0.2) is 41.4 Å². The molecule has 0 spiro atoms. The summed E-state index contributed by atoms with van der Waals surface area (Å²) in [7, 11) is 0. The van der Waals surface area contributed by atoms with Gasteiger partial charge in [-0.15, -0.1) is 0 Å². The molecular weight excluding hydrogens is 266 g/mol. The molecule has 0 amide bonds. The van der Waals surface area contributed by atoms with Gasteiger partial charge in [0.05, 0.1) is 6.04 Å². The summed E-state index contributed by atoms with van der Waals surface area (Å²) in [6.45, 7) is 2.05. The molecule has 0 aliphatic rings. The van der Waals surface area contributed by atoms with E-state index in [1.165, 1.54) is 11.9 Å². The molecule has 1 aromatic carbocycles. The van der Waals surface area contributed by atoms with Crippen molar-refractivity contribution in [1.29, 1.82) is 0 Å². The number of rotatable bonds is 2. The molecule has 1 heterocycles. The topological polar surface area (TPSA) is 51.8 Å². The number of nitrogens with zero attached hydrogens (tertiary/aromatic N) is 2. The number of halogens is 1. The van der Waals surface area contributed by atoms with Crippen molar-refractivity contribution in [3.8, 4) is 0 Å². The van der Waals surface area contributed by atoms with E-state index in [0.717, 1.165) is 15.6 Å². The normalized spacial score (nSPS) is 12.4. The Morgan fingerprint density at radius 3 is 2.56 bits per heavy atom. The molecule has 4 heteroatoms. The summed E-state index contributed by atoms with van der Waals surface area (Å²) in [5.74, 6) is 0. The van der Waals surface area contributed by atoms with Crippen LogP contribution in [-0.2, 0) is 0 Å². The zero-order valence-corrected chi connectivity index (χ0v) is 10.5. The first-order valence-electron chi connectivity index (χ1n) is 4.95. The molecule has 1 atom stereocenters. The summed E-state index contributed by atoms with van der Waals surface area (Å²) in [6.07, 6.45) is 4.98. The summed E-state index contributed by atoms with van der Waals surface area (Å²) in [4.78, 5) is 7.94. The number of aromatic nitrogens is 2. The van der Waals surface area contributed by atoms with Crippen LogP contribution in [0.4, 0.5) is 0 Å². The van der Waals surface area contributed by atoms with Gasteiger partial charge in [0.15, 0.2) is 0 Å². The van der Waals surface area contributed by atoms with Crippen LogP contribution in [0.3, 0.4) is 0 Å². The van der Waals surface area contributed by atoms with Crippen molar-refractivity contribution in [2.45, 2.75) is 13.0 Å². The summed E-state index contributed by atoms with van der Waals surface area (Å²) in [6, 6.07) is 5.93. The minimum atomic E-state index is -0.198. The van der Waals surface area contributed by atoms with Crippen molar-refractivity contribution >= 4 is 15.9 Å². The Hall–Kier alpha value is -1.26. The maximum atomic E-state index is 6.16. The second-order valence-electron chi connectivity index (χ2n) is 3.67. The van der Waals surface area contributed by atoms with Crippen LogP contribution in [0.5, 0.6) is 0 Å². The summed E-state index contributed by atoms with van der Waals surface area (Å²) in [5.41, 5.74) is 9.31. The maximum Gasteiger partial charge on any atom is 0.115 e. The lowest BCUT2D eigenvalue weighted by Crippen LogP contribution is -2.13. The van der Waals surface area contributed by atoms with E-state index in [1.54, 1.807) is 12.4 Å². The van der Waals surface area contributed by atoms with E-state index in [0.29, 0.717) is 0 Å². The molecule has 2 rings (SSSR count). The highest BCUT2D eigenvalue weighted by atomic mass is 79.9. The van der Waals surface area contributed by atoms with E-state index in [-0.39, 0.29) is 6.04 Å². The monoisotopic (exact) mass is 277 g/mol. The third-order valence-electron chi connectivity index (χ3n) is 2.43. The second-order valence-corrected chi connectivity index (χ2v) is 4.53. The first-order valence-corrected chi connectivity index (χ1v) is 5.74. The molecule has 0 saturated heterocycles. The minimum Gasteiger partial charge on any atom is -0.320 e. The number of benzene rings is 1. The Morgan fingerprint density at radius 1 is 1.25 bits per heavy atom. The predicted molar refractivity (Wildman–Crippen MR) is 66.9 cm³/mol. The van der Waals surface area contributed by atoms with Gasteiger partial charge >= 0.3 is 0 Å². The van der Waals surface area contributed by atoms with Crippen LogP contribution in [0.25, 0.3) is 0 Å². The lowest BCUT2D eigenvalue weighted by molar-refractivity contribution is 0.845. The lowest BCUT2D eigenvalue weighted by Gasteiger charge is -2.13. The standard InChI is InChI=1S/C12H12BrN3/c1-8-2-3-10(11(13)4-8)12(14)9-5-15-7-16-6-9/h2-7,12H,14H2,1H3. The van der Waals surface area contributed by atoms with Crippen molar-refractivity contribution in [3.63, 3.8) is 0 Å². The largest absolute Gasteiger partial charge is 0.320 e. The summed E-state index contributed by atoms with van der Waals surface area (Å²) < 4.78 is 1.02. The highest BCUT2D eigenvalue weighted by molar-refractivity contribution is 9.10. The molecule has 16 heavy (non-hydrogen) atoms. The van der Waals surface area contributed by atoms with Crippen molar-refractivity contribution in [2.75, 3.05) is 0 Å². The van der Waals surface area contributed by atoms with E-state index in [4.69, 9.17) is 5.73 Å². The predicted octanol–water partition coefficient (Wildman–Crippen LogP) is 2.60. The van der Waals surface area contributed by atoms with Gasteiger partial charge in [0.2, 0.25) is 0 Å². The zero-order chi connectivity index (χ0) is 11.5. The lowest BCUT2D eigenvalue weighted by atomic mass is 10.0. The van der Waals surface area contributed by atoms with Crippen molar-refractivity contribution in [1.82, 2.24) is 9.97 Å². The molecule has 3 nitrogen and oxygen atoms in total. The molecule has 0 aliphatic carbocycles. The molecule has 0 saturated carbocycles. The van der Waals surface area contributed by atoms with Crippen molar-refractivity contribution in [3.05, 3.63) is 58.1 Å². The average molecular weight is 278 g/mol. The second kappa shape index (κ2) is 4.72. The molecule has 0 radical (unpaired) electrons. The highest BCUT2D eigenvalue weighted by Gasteiger charge is 2.12. The first-order chi connectivity index (χ1) is 7.68. The highest BCUT2D eigenvalue weighted by Crippen LogP contribution is 2.26. The van der Waals surface area contributed by atoms with Crippen LogP contribution in [0.2, 0.25) is 0 Å². The smallest absolute Gasteiger partial charge is 0.115 e. The van der Waals surface area contributed by atoms with Gasteiger partial charge in [-0.2, -0.15) is 0 Å². The summed E-state index contributed by atoms with van der Waals surface area (Å²) >= 11 is 3.52. The van der Waals surface area contributed by atoms with Gasteiger partial charge in [-0.05, 0) is 24.1 Å². The van der Waals surface area contributed by atoms with Crippen LogP contribution >= 0.6 is 15.9 Å². The number of nitrogens with two attached hydrogens (primary N) is 1. The number of hydrogen-bond acceptors (Lipinski definition) is 3. The minimum absolute atomic E-state index is 0.198. The van der Waals surface area contributed by atoms with Crippen LogP contribution in [0.1, 0.15) is 22.7 Å². The molecule has 0 fully saturated rings. The van der Waals surface area contributed by atoms with E-state index < -0.39 is 0 Å². The van der Waals surface area contributed by atoms with Crippen molar-refractivity contribution in [2.24, 2.45) is 5.73 Å². The maximum absolute atomic E-state index is 6.16. The number of hydrogen-bond donors (Lipinski definition) is 1. The average Bonchev–Trinajstić information content (AvgIpc) is 2.29. The molecule has 82 valence electrons. The SMILES string of the molecule is Cc1ccc(C(N)c2cncnc2)c(Br)c1. The van der Waals surface area contributed by atoms with Crippen molar-refractivity contribution < 1.29 is 0 Å². The molecular formula is C12H12BrN3. The van der Waals surface area contributed by atoms with Gasteiger partial charge in [-0.3, -0.25) is 0 Å². The third-order valence-corrected chi connectivity index (χ3v) is 3.12. The summed E-state index contributed by atoms with van der Waals surface area (Å²) in [5, 5.41) is 0. The number of aryl methyl sites for hydroxylation is 1. The Morgan fingerprint density at radius 2 is 1.94 bits per heavy atom. The van der Waals surface area contributed by atoms with E-state index in [9.17, 15) is 0 Å². The van der Waals surface area contributed by atoms with E-state index in [2.05, 4.69) is 32.0 Å². The first kappa shape index (κ1) is 11.2.